The molecule has 0 aliphatic carbocycles. The van der Waals surface area contributed by atoms with E-state index in [-0.39, 0.29) is 13.2 Å². The number of rotatable bonds is 9. The van der Waals surface area contributed by atoms with E-state index in [0.29, 0.717) is 12.8 Å². The zero-order valence-corrected chi connectivity index (χ0v) is 9.21. The smallest absolute Gasteiger partial charge is 0.0620 e. The van der Waals surface area contributed by atoms with Crippen LogP contribution in [0.5, 0.6) is 0 Å². The zero-order valence-electron chi connectivity index (χ0n) is 9.21. The lowest BCUT2D eigenvalue weighted by atomic mass is 9.93. The molecule has 0 amide bonds. The molecule has 0 saturated heterocycles. The number of hydrogen-bond donors (Lipinski definition) is 3. The van der Waals surface area contributed by atoms with Gasteiger partial charge >= 0.3 is 0 Å². The average molecular weight is 204 g/mol. The van der Waals surface area contributed by atoms with E-state index in [2.05, 4.69) is 0 Å². The molecule has 1 atom stereocenters. The van der Waals surface area contributed by atoms with Crippen LogP contribution in [-0.2, 0) is 0 Å². The molecule has 0 aliphatic rings. The summed E-state index contributed by atoms with van der Waals surface area (Å²) in [6.45, 7) is 2.25. The van der Waals surface area contributed by atoms with Crippen LogP contribution in [-0.4, -0.2) is 34.1 Å². The van der Waals surface area contributed by atoms with Crippen LogP contribution >= 0.6 is 0 Å². The van der Waals surface area contributed by atoms with Crippen molar-refractivity contribution in [3.8, 4) is 0 Å². The van der Waals surface area contributed by atoms with Gasteiger partial charge in [-0.05, 0) is 32.6 Å². The van der Waals surface area contributed by atoms with Gasteiger partial charge in [-0.3, -0.25) is 0 Å². The Morgan fingerprint density at radius 3 is 1.86 bits per heavy atom. The summed E-state index contributed by atoms with van der Waals surface area (Å²) in [5, 5.41) is 27.0. The molecule has 0 saturated carbocycles. The van der Waals surface area contributed by atoms with Gasteiger partial charge in [0, 0.05) is 13.2 Å². The highest BCUT2D eigenvalue weighted by Gasteiger charge is 2.18. The van der Waals surface area contributed by atoms with Crippen molar-refractivity contribution in [1.29, 1.82) is 0 Å². The fourth-order valence-corrected chi connectivity index (χ4v) is 1.56. The first-order valence-corrected chi connectivity index (χ1v) is 5.56. The van der Waals surface area contributed by atoms with Crippen LogP contribution in [0.15, 0.2) is 0 Å². The lowest BCUT2D eigenvalue weighted by molar-refractivity contribution is 0.0326. The van der Waals surface area contributed by atoms with Gasteiger partial charge in [0.25, 0.3) is 0 Å². The van der Waals surface area contributed by atoms with Gasteiger partial charge in [-0.1, -0.05) is 19.3 Å². The molecule has 0 aromatic heterocycles. The summed E-state index contributed by atoms with van der Waals surface area (Å²) in [5.41, 5.74) is -0.623. The second-order valence-electron chi connectivity index (χ2n) is 4.21. The second kappa shape index (κ2) is 8.21. The first-order valence-electron chi connectivity index (χ1n) is 5.56. The van der Waals surface area contributed by atoms with Gasteiger partial charge in [0.2, 0.25) is 0 Å². The molecule has 0 radical (unpaired) electrons. The lowest BCUT2D eigenvalue weighted by Gasteiger charge is -2.22. The predicted octanol–water partition coefficient (Wildman–Crippen LogP) is 1.45. The Bertz CT molecular complexity index is 124. The molecule has 0 aromatic carbocycles. The summed E-state index contributed by atoms with van der Waals surface area (Å²) in [5.74, 6) is 0. The number of hydrogen-bond acceptors (Lipinski definition) is 3. The van der Waals surface area contributed by atoms with E-state index in [4.69, 9.17) is 10.2 Å². The molecule has 0 fully saturated rings. The van der Waals surface area contributed by atoms with Gasteiger partial charge in [0.05, 0.1) is 5.60 Å². The van der Waals surface area contributed by atoms with Crippen LogP contribution in [0.2, 0.25) is 0 Å². The molecule has 3 N–H and O–H groups in total. The van der Waals surface area contributed by atoms with Crippen molar-refractivity contribution in [1.82, 2.24) is 0 Å². The minimum atomic E-state index is -0.623. The van der Waals surface area contributed by atoms with Gasteiger partial charge in [-0.25, -0.2) is 0 Å². The average Bonchev–Trinajstić information content (AvgIpc) is 2.15. The highest BCUT2D eigenvalue weighted by Crippen LogP contribution is 2.20. The summed E-state index contributed by atoms with van der Waals surface area (Å²) in [6, 6.07) is 0. The van der Waals surface area contributed by atoms with E-state index in [1.807, 2.05) is 6.92 Å². The number of unbranched alkanes of at least 4 members (excludes halogenated alkanes) is 3. The fraction of sp³-hybridized carbons (Fsp3) is 1.00. The Balaban J connectivity index is 3.35. The molecular weight excluding hydrogens is 180 g/mol. The van der Waals surface area contributed by atoms with Gasteiger partial charge < -0.3 is 15.3 Å². The molecule has 3 heteroatoms. The van der Waals surface area contributed by atoms with Crippen LogP contribution in [0.3, 0.4) is 0 Å². The third kappa shape index (κ3) is 8.48. The second-order valence-corrected chi connectivity index (χ2v) is 4.21. The third-order valence-corrected chi connectivity index (χ3v) is 2.50. The van der Waals surface area contributed by atoms with Gasteiger partial charge in [0.1, 0.15) is 0 Å². The van der Waals surface area contributed by atoms with E-state index in [0.717, 1.165) is 32.1 Å². The van der Waals surface area contributed by atoms with Crippen molar-refractivity contribution in [3.63, 3.8) is 0 Å². The Kier molecular flexibility index (Phi) is 8.14. The predicted molar refractivity (Wildman–Crippen MR) is 57.1 cm³/mol. The summed E-state index contributed by atoms with van der Waals surface area (Å²) in [6.07, 6.45) is 6.09. The van der Waals surface area contributed by atoms with Crippen molar-refractivity contribution in [2.24, 2.45) is 0 Å². The van der Waals surface area contributed by atoms with Crippen molar-refractivity contribution in [2.45, 2.75) is 57.5 Å². The zero-order chi connectivity index (χ0) is 10.9. The minimum absolute atomic E-state index is 0.153. The van der Waals surface area contributed by atoms with E-state index < -0.39 is 5.60 Å². The Labute approximate surface area is 86.8 Å². The first-order chi connectivity index (χ1) is 6.62. The van der Waals surface area contributed by atoms with E-state index >= 15 is 0 Å². The Morgan fingerprint density at radius 1 is 0.786 bits per heavy atom. The summed E-state index contributed by atoms with van der Waals surface area (Å²) in [7, 11) is 0. The topological polar surface area (TPSA) is 60.7 Å². The van der Waals surface area contributed by atoms with Crippen LogP contribution in [0.1, 0.15) is 51.9 Å². The molecule has 86 valence electrons. The van der Waals surface area contributed by atoms with E-state index in [1.165, 1.54) is 0 Å². The van der Waals surface area contributed by atoms with Crippen molar-refractivity contribution in [2.75, 3.05) is 13.2 Å². The maximum Gasteiger partial charge on any atom is 0.0620 e. The highest BCUT2D eigenvalue weighted by molar-refractivity contribution is 4.71. The molecule has 0 rings (SSSR count). The Morgan fingerprint density at radius 2 is 1.29 bits per heavy atom. The largest absolute Gasteiger partial charge is 0.396 e. The van der Waals surface area contributed by atoms with E-state index in [9.17, 15) is 5.11 Å². The lowest BCUT2D eigenvalue weighted by Crippen LogP contribution is -2.24. The van der Waals surface area contributed by atoms with Gasteiger partial charge in [-0.2, -0.15) is 0 Å². The normalized spacial score (nSPS) is 15.4. The van der Waals surface area contributed by atoms with Gasteiger partial charge in [-0.15, -0.1) is 0 Å². The maximum absolute atomic E-state index is 9.84. The molecule has 3 nitrogen and oxygen atoms in total. The molecule has 0 aromatic rings. The summed E-state index contributed by atoms with van der Waals surface area (Å²) < 4.78 is 0. The van der Waals surface area contributed by atoms with E-state index in [1.54, 1.807) is 0 Å². The monoisotopic (exact) mass is 204 g/mol. The van der Waals surface area contributed by atoms with Crippen molar-refractivity contribution < 1.29 is 15.3 Å². The number of aliphatic hydroxyl groups excluding tert-OH is 2. The van der Waals surface area contributed by atoms with Crippen molar-refractivity contribution >= 4 is 0 Å². The van der Waals surface area contributed by atoms with Crippen LogP contribution in [0.25, 0.3) is 0 Å². The SMILES string of the molecule is CC(O)(CCCO)CCCCCCO. The quantitative estimate of drug-likeness (QED) is 0.498. The molecule has 0 bridgehead atoms. The van der Waals surface area contributed by atoms with Crippen LogP contribution < -0.4 is 0 Å². The molecule has 0 aliphatic heterocycles. The standard InChI is InChI=1S/C11H24O3/c1-11(14,8-6-10-13)7-4-2-3-5-9-12/h12-14H,2-10H2,1H3. The minimum Gasteiger partial charge on any atom is -0.396 e. The first kappa shape index (κ1) is 13.9. The van der Waals surface area contributed by atoms with Crippen LogP contribution in [0.4, 0.5) is 0 Å². The summed E-state index contributed by atoms with van der Waals surface area (Å²) >= 11 is 0. The fourth-order valence-electron chi connectivity index (χ4n) is 1.56. The molecule has 14 heavy (non-hydrogen) atoms. The Hall–Kier alpha value is -0.120. The van der Waals surface area contributed by atoms with Crippen LogP contribution in [0, 0.1) is 0 Å². The van der Waals surface area contributed by atoms with Gasteiger partial charge in [0.15, 0.2) is 0 Å². The molecule has 0 spiro atoms. The van der Waals surface area contributed by atoms with Crippen molar-refractivity contribution in [3.05, 3.63) is 0 Å². The molecule has 1 unspecified atom stereocenters. The highest BCUT2D eigenvalue weighted by atomic mass is 16.3. The molecular formula is C11H24O3. The maximum atomic E-state index is 9.84. The number of aliphatic hydroxyl groups is 3. The summed E-state index contributed by atoms with van der Waals surface area (Å²) in [4.78, 5) is 0. The molecule has 0 heterocycles. The third-order valence-electron chi connectivity index (χ3n) is 2.50.